The second kappa shape index (κ2) is 4.76. The molecule has 0 saturated heterocycles. The van der Waals surface area contributed by atoms with Gasteiger partial charge >= 0.3 is 0 Å². The van der Waals surface area contributed by atoms with Crippen LogP contribution in [0.25, 0.3) is 27.3 Å². The number of benzene rings is 1. The Hall–Kier alpha value is -2.47. The number of aromatic nitrogens is 4. The van der Waals surface area contributed by atoms with Gasteiger partial charge in [0.25, 0.3) is 0 Å². The highest BCUT2D eigenvalue weighted by Crippen LogP contribution is 2.37. The van der Waals surface area contributed by atoms with E-state index in [-0.39, 0.29) is 5.75 Å². The summed E-state index contributed by atoms with van der Waals surface area (Å²) in [5, 5.41) is 15.7. The maximum Gasteiger partial charge on any atom is 0.185 e. The Morgan fingerprint density at radius 2 is 2.00 bits per heavy atom. The quantitative estimate of drug-likeness (QED) is 0.582. The van der Waals surface area contributed by atoms with E-state index < -0.39 is 0 Å². The Morgan fingerprint density at radius 1 is 1.13 bits per heavy atom. The second-order valence-corrected chi connectivity index (χ2v) is 6.94. The van der Waals surface area contributed by atoms with E-state index in [0.29, 0.717) is 11.4 Å². The lowest BCUT2D eigenvalue weighted by atomic mass is 9.97. The minimum Gasteiger partial charge on any atom is -0.507 e. The highest BCUT2D eigenvalue weighted by molar-refractivity contribution is 7.19. The van der Waals surface area contributed by atoms with E-state index in [9.17, 15) is 5.11 Å². The largest absolute Gasteiger partial charge is 0.507 e. The van der Waals surface area contributed by atoms with Crippen LogP contribution in [-0.4, -0.2) is 24.7 Å². The lowest BCUT2D eigenvalue weighted by Gasteiger charge is -2.09. The maximum atomic E-state index is 10.1. The molecule has 3 aromatic heterocycles. The molecule has 5 rings (SSSR count). The topological polar surface area (TPSA) is 63.3 Å². The molecule has 0 unspecified atom stereocenters. The van der Waals surface area contributed by atoms with Gasteiger partial charge in [-0.15, -0.1) is 16.4 Å². The molecule has 0 amide bonds. The fraction of sp³-hybridized carbons (Fsp3) is 0.235. The molecule has 0 atom stereocenters. The van der Waals surface area contributed by atoms with Crippen molar-refractivity contribution in [3.8, 4) is 17.1 Å². The number of fused-ring (bicyclic) bond motifs is 5. The third kappa shape index (κ3) is 1.88. The summed E-state index contributed by atoms with van der Waals surface area (Å²) >= 11 is 1.78. The van der Waals surface area contributed by atoms with Crippen molar-refractivity contribution >= 4 is 27.2 Å². The third-order valence-corrected chi connectivity index (χ3v) is 5.64. The van der Waals surface area contributed by atoms with Gasteiger partial charge in [-0.1, -0.05) is 12.1 Å². The molecule has 114 valence electrons. The summed E-state index contributed by atoms with van der Waals surface area (Å²) in [4.78, 5) is 11.8. The first-order valence-corrected chi connectivity index (χ1v) is 8.57. The Bertz CT molecular complexity index is 1050. The summed E-state index contributed by atoms with van der Waals surface area (Å²) in [6, 6.07) is 7.16. The standard InChI is InChI=1S/C17H14N4OS/c22-12-7-3-1-5-10(12)15-19-16-14-11-6-2-4-8-13(11)23-17(14)18-9-21(16)20-15/h1,3,5,7,9,22H,2,4,6,8H2. The van der Waals surface area contributed by atoms with Crippen molar-refractivity contribution in [2.45, 2.75) is 25.7 Å². The molecule has 0 saturated carbocycles. The van der Waals surface area contributed by atoms with Crippen LogP contribution >= 0.6 is 11.3 Å². The van der Waals surface area contributed by atoms with E-state index in [1.165, 1.54) is 23.3 Å². The predicted octanol–water partition coefficient (Wildman–Crippen LogP) is 3.59. The van der Waals surface area contributed by atoms with Gasteiger partial charge in [0.15, 0.2) is 11.5 Å². The minimum absolute atomic E-state index is 0.194. The van der Waals surface area contributed by atoms with Gasteiger partial charge in [-0.2, -0.15) is 0 Å². The van der Waals surface area contributed by atoms with Gasteiger partial charge in [-0.3, -0.25) is 0 Å². The van der Waals surface area contributed by atoms with Crippen molar-refractivity contribution in [2.75, 3.05) is 0 Å². The van der Waals surface area contributed by atoms with Crippen LogP contribution in [0.5, 0.6) is 5.75 Å². The smallest absolute Gasteiger partial charge is 0.185 e. The number of phenolic OH excluding ortho intramolecular Hbond substituents is 1. The van der Waals surface area contributed by atoms with E-state index in [1.807, 2.05) is 12.1 Å². The number of aromatic hydroxyl groups is 1. The molecule has 0 aliphatic heterocycles. The molecule has 1 aromatic carbocycles. The summed E-state index contributed by atoms with van der Waals surface area (Å²) in [5.41, 5.74) is 2.88. The molecule has 3 heterocycles. The highest BCUT2D eigenvalue weighted by atomic mass is 32.1. The summed E-state index contributed by atoms with van der Waals surface area (Å²) in [7, 11) is 0. The number of nitrogens with zero attached hydrogens (tertiary/aromatic N) is 4. The fourth-order valence-electron chi connectivity index (χ4n) is 3.33. The first-order chi connectivity index (χ1) is 11.3. The van der Waals surface area contributed by atoms with Crippen LogP contribution in [0.1, 0.15) is 23.3 Å². The number of rotatable bonds is 1. The average molecular weight is 322 g/mol. The maximum absolute atomic E-state index is 10.1. The van der Waals surface area contributed by atoms with E-state index >= 15 is 0 Å². The zero-order chi connectivity index (χ0) is 15.4. The molecule has 1 N–H and O–H groups in total. The number of aryl methyl sites for hydroxylation is 2. The first-order valence-electron chi connectivity index (χ1n) is 7.75. The van der Waals surface area contributed by atoms with E-state index in [1.54, 1.807) is 34.3 Å². The predicted molar refractivity (Wildman–Crippen MR) is 89.9 cm³/mol. The van der Waals surface area contributed by atoms with Gasteiger partial charge < -0.3 is 5.11 Å². The normalized spacial score (nSPS) is 14.4. The van der Waals surface area contributed by atoms with Gasteiger partial charge in [0.2, 0.25) is 0 Å². The number of para-hydroxylation sites is 1. The summed E-state index contributed by atoms with van der Waals surface area (Å²) in [5.74, 6) is 0.730. The molecule has 23 heavy (non-hydrogen) atoms. The lowest BCUT2D eigenvalue weighted by Crippen LogP contribution is -1.99. The Labute approximate surface area is 136 Å². The summed E-state index contributed by atoms with van der Waals surface area (Å²) in [6.07, 6.45) is 6.43. The molecule has 1 aliphatic rings. The Kier molecular flexibility index (Phi) is 2.69. The van der Waals surface area contributed by atoms with Crippen LogP contribution in [0.2, 0.25) is 0 Å². The van der Waals surface area contributed by atoms with Crippen molar-refractivity contribution < 1.29 is 5.11 Å². The minimum atomic E-state index is 0.194. The zero-order valence-corrected chi connectivity index (χ0v) is 13.2. The van der Waals surface area contributed by atoms with Crippen LogP contribution < -0.4 is 0 Å². The molecular weight excluding hydrogens is 308 g/mol. The number of hydrogen-bond acceptors (Lipinski definition) is 5. The molecule has 5 nitrogen and oxygen atoms in total. The van der Waals surface area contributed by atoms with Crippen molar-refractivity contribution in [2.24, 2.45) is 0 Å². The Morgan fingerprint density at radius 3 is 2.91 bits per heavy atom. The molecule has 1 aliphatic carbocycles. The van der Waals surface area contributed by atoms with Crippen LogP contribution in [-0.2, 0) is 12.8 Å². The molecule has 0 spiro atoms. The lowest BCUT2D eigenvalue weighted by molar-refractivity contribution is 0.477. The van der Waals surface area contributed by atoms with Gasteiger partial charge in [0, 0.05) is 4.88 Å². The van der Waals surface area contributed by atoms with Crippen LogP contribution in [0, 0.1) is 0 Å². The SMILES string of the molecule is Oc1ccccc1-c1nc2c3c4c(sc3ncn2n1)CCCC4. The zero-order valence-electron chi connectivity index (χ0n) is 12.4. The van der Waals surface area contributed by atoms with Crippen molar-refractivity contribution in [1.29, 1.82) is 0 Å². The van der Waals surface area contributed by atoms with Crippen molar-refractivity contribution in [3.05, 3.63) is 41.0 Å². The monoisotopic (exact) mass is 322 g/mol. The van der Waals surface area contributed by atoms with Crippen LogP contribution in [0.4, 0.5) is 0 Å². The first kappa shape index (κ1) is 13.0. The van der Waals surface area contributed by atoms with Crippen molar-refractivity contribution in [1.82, 2.24) is 19.6 Å². The van der Waals surface area contributed by atoms with Gasteiger partial charge in [-0.25, -0.2) is 14.5 Å². The van der Waals surface area contributed by atoms with Crippen LogP contribution in [0.3, 0.4) is 0 Å². The van der Waals surface area contributed by atoms with Crippen molar-refractivity contribution in [3.63, 3.8) is 0 Å². The third-order valence-electron chi connectivity index (χ3n) is 4.44. The molecule has 0 bridgehead atoms. The number of thiophene rings is 1. The summed E-state index contributed by atoms with van der Waals surface area (Å²) in [6.45, 7) is 0. The van der Waals surface area contributed by atoms with Gasteiger partial charge in [0.05, 0.1) is 10.9 Å². The highest BCUT2D eigenvalue weighted by Gasteiger charge is 2.21. The molecule has 0 fully saturated rings. The fourth-order valence-corrected chi connectivity index (χ4v) is 4.55. The van der Waals surface area contributed by atoms with Crippen LogP contribution in [0.15, 0.2) is 30.6 Å². The van der Waals surface area contributed by atoms with Gasteiger partial charge in [-0.05, 0) is 43.4 Å². The number of phenols is 1. The molecule has 4 aromatic rings. The second-order valence-electron chi connectivity index (χ2n) is 5.86. The molecular formula is C17H14N4OS. The molecule has 6 heteroatoms. The van der Waals surface area contributed by atoms with E-state index in [2.05, 4.69) is 10.1 Å². The molecule has 0 radical (unpaired) electrons. The summed E-state index contributed by atoms with van der Waals surface area (Å²) < 4.78 is 1.73. The number of hydrogen-bond donors (Lipinski definition) is 1. The average Bonchev–Trinajstić information content (AvgIpc) is 3.15. The van der Waals surface area contributed by atoms with Gasteiger partial charge in [0.1, 0.15) is 16.9 Å². The van der Waals surface area contributed by atoms with E-state index in [0.717, 1.165) is 28.7 Å². The Balaban J connectivity index is 1.81. The van der Waals surface area contributed by atoms with E-state index in [4.69, 9.17) is 4.98 Å².